The van der Waals surface area contributed by atoms with Crippen LogP contribution in [0.4, 0.5) is 0 Å². The number of carbonyl (C=O) groups excluding carboxylic acids is 3. The molecule has 0 spiro atoms. The van der Waals surface area contributed by atoms with Crippen molar-refractivity contribution >= 4 is 23.8 Å². The molecule has 2 atom stereocenters. The molecule has 0 saturated heterocycles. The summed E-state index contributed by atoms with van der Waals surface area (Å²) in [5.74, 6) is 1.35. The van der Waals surface area contributed by atoms with E-state index in [4.69, 9.17) is 18.9 Å². The number of nitrogens with zero attached hydrogens (tertiary/aromatic N) is 4. The molecular weight excluding hydrogens is 668 g/mol. The van der Waals surface area contributed by atoms with E-state index in [1.165, 1.54) is 84.5 Å². The Morgan fingerprint density at radius 3 is 1.54 bits per heavy atom. The summed E-state index contributed by atoms with van der Waals surface area (Å²) in [6, 6.07) is 0. The topological polar surface area (TPSA) is 200 Å². The van der Waals surface area contributed by atoms with Gasteiger partial charge in [0.25, 0.3) is 0 Å². The summed E-state index contributed by atoms with van der Waals surface area (Å²) in [6.45, 7) is 8.86. The zero-order valence-corrected chi connectivity index (χ0v) is 32.0. The fraction of sp³-hybridized carbons (Fsp3) is 0.789. The molecule has 0 unspecified atom stereocenters. The van der Waals surface area contributed by atoms with Crippen molar-refractivity contribution in [2.24, 2.45) is 11.8 Å². The van der Waals surface area contributed by atoms with Crippen molar-refractivity contribution in [1.29, 1.82) is 0 Å². The maximum atomic E-state index is 12.4. The quantitative estimate of drug-likeness (QED) is 0.130. The predicted molar refractivity (Wildman–Crippen MR) is 193 cm³/mol. The monoisotopic (exact) mass is 730 g/mol. The average molecular weight is 731 g/mol. The molecule has 292 valence electrons. The number of hydrogen-bond donors (Lipinski definition) is 3. The van der Waals surface area contributed by atoms with Gasteiger partial charge in [0, 0.05) is 25.7 Å². The van der Waals surface area contributed by atoms with Gasteiger partial charge < -0.3 is 29.5 Å². The lowest BCUT2D eigenvalue weighted by atomic mass is 9.84. The van der Waals surface area contributed by atoms with Gasteiger partial charge >= 0.3 is 11.9 Å². The number of aromatic nitrogens is 4. The zero-order valence-electron chi connectivity index (χ0n) is 32.0. The van der Waals surface area contributed by atoms with Crippen LogP contribution in [0.25, 0.3) is 0 Å². The van der Waals surface area contributed by atoms with E-state index in [0.29, 0.717) is 23.4 Å². The first-order valence-corrected chi connectivity index (χ1v) is 19.3. The average Bonchev–Trinajstić information content (AvgIpc) is 3.76. The molecule has 0 aliphatic heterocycles. The first kappa shape index (κ1) is 42.6. The first-order chi connectivity index (χ1) is 24.8. The van der Waals surface area contributed by atoms with E-state index >= 15 is 0 Å². The Labute approximate surface area is 308 Å². The summed E-state index contributed by atoms with van der Waals surface area (Å²) < 4.78 is 16.1. The molecule has 2 aromatic heterocycles. The van der Waals surface area contributed by atoms with Crippen molar-refractivity contribution in [2.75, 3.05) is 0 Å². The number of nitrogens with one attached hydrogen (secondary N) is 2. The molecule has 4 rings (SSSR count). The summed E-state index contributed by atoms with van der Waals surface area (Å²) in [6.07, 6.45) is 19.3. The number of hydrogen-bond acceptors (Lipinski definition) is 11. The Hall–Kier alpha value is -3.84. The molecular formula is C38H62N6O8. The molecule has 2 aliphatic carbocycles. The van der Waals surface area contributed by atoms with Gasteiger partial charge in [0.05, 0.1) is 25.9 Å². The highest BCUT2D eigenvalue weighted by Crippen LogP contribution is 2.33. The second kappa shape index (κ2) is 22.3. The molecule has 0 aromatic carbocycles. The minimum Gasteiger partial charge on any atom is -0.481 e. The summed E-state index contributed by atoms with van der Waals surface area (Å²) in [5, 5.41) is 22.1. The first-order valence-electron chi connectivity index (χ1n) is 19.3. The molecule has 2 saturated carbocycles. The summed E-state index contributed by atoms with van der Waals surface area (Å²) in [7, 11) is 0. The second-order valence-electron chi connectivity index (χ2n) is 15.6. The van der Waals surface area contributed by atoms with Crippen molar-refractivity contribution in [1.82, 2.24) is 30.9 Å². The number of amides is 2. The van der Waals surface area contributed by atoms with Crippen molar-refractivity contribution in [3.63, 3.8) is 0 Å². The van der Waals surface area contributed by atoms with Gasteiger partial charge in [0.15, 0.2) is 11.6 Å². The van der Waals surface area contributed by atoms with Crippen molar-refractivity contribution in [3.05, 3.63) is 23.4 Å². The second-order valence-corrected chi connectivity index (χ2v) is 15.6. The van der Waals surface area contributed by atoms with Crippen LogP contribution in [0.15, 0.2) is 9.05 Å². The van der Waals surface area contributed by atoms with Gasteiger partial charge in [-0.3, -0.25) is 19.2 Å². The van der Waals surface area contributed by atoms with E-state index in [-0.39, 0.29) is 55.6 Å². The number of ether oxygens (including phenoxy) is 1. The fourth-order valence-corrected chi connectivity index (χ4v) is 7.10. The Morgan fingerprint density at radius 1 is 0.731 bits per heavy atom. The number of aliphatic carboxylic acids is 1. The van der Waals surface area contributed by atoms with Crippen LogP contribution in [-0.2, 0) is 37.0 Å². The predicted octanol–water partition coefficient (Wildman–Crippen LogP) is 7.29. The van der Waals surface area contributed by atoms with E-state index in [1.807, 2.05) is 20.8 Å². The fourth-order valence-electron chi connectivity index (χ4n) is 7.10. The van der Waals surface area contributed by atoms with Crippen LogP contribution in [0.5, 0.6) is 0 Å². The summed E-state index contributed by atoms with van der Waals surface area (Å²) >= 11 is 0. The highest BCUT2D eigenvalue weighted by Gasteiger charge is 2.27. The largest absolute Gasteiger partial charge is 0.481 e. The van der Waals surface area contributed by atoms with Crippen LogP contribution in [0.1, 0.15) is 185 Å². The normalized spacial score (nSPS) is 16.6. The highest BCUT2D eigenvalue weighted by molar-refractivity contribution is 5.73. The van der Waals surface area contributed by atoms with E-state index < -0.39 is 11.6 Å². The highest BCUT2D eigenvalue weighted by atomic mass is 16.6. The number of rotatable bonds is 18. The Kier molecular flexibility index (Phi) is 18.2. The van der Waals surface area contributed by atoms with Gasteiger partial charge in [0.2, 0.25) is 23.6 Å². The van der Waals surface area contributed by atoms with Crippen molar-refractivity contribution in [2.45, 2.75) is 181 Å². The van der Waals surface area contributed by atoms with Gasteiger partial charge in [-0.15, -0.1) is 0 Å². The van der Waals surface area contributed by atoms with Crippen molar-refractivity contribution < 1.29 is 38.1 Å². The van der Waals surface area contributed by atoms with Crippen LogP contribution >= 0.6 is 0 Å². The molecule has 14 nitrogen and oxygen atoms in total. The SMILES string of the molecule is CC(=O)NCc1noc([C@H](CCCC2CCCCC2)CC(=O)O)n1.CC(=O)NCc1noc([C@H](CCCC2CCCCC2)CC(=O)OC(C)(C)C)n1. The van der Waals surface area contributed by atoms with E-state index in [9.17, 15) is 19.2 Å². The molecule has 2 fully saturated rings. The maximum absolute atomic E-state index is 12.4. The Bertz CT molecular complexity index is 1370. The molecule has 0 radical (unpaired) electrons. The Morgan fingerprint density at radius 2 is 1.15 bits per heavy atom. The van der Waals surface area contributed by atoms with Crippen molar-refractivity contribution in [3.8, 4) is 0 Å². The van der Waals surface area contributed by atoms with E-state index in [1.54, 1.807) is 0 Å². The number of carbonyl (C=O) groups is 4. The molecule has 14 heteroatoms. The summed E-state index contributed by atoms with van der Waals surface area (Å²) in [5.41, 5.74) is -0.519. The van der Waals surface area contributed by atoms with Crippen LogP contribution in [-0.4, -0.2) is 54.7 Å². The number of carboxylic acids is 1. The lowest BCUT2D eigenvalue weighted by Gasteiger charge is -2.23. The molecule has 2 aliphatic rings. The maximum Gasteiger partial charge on any atom is 0.307 e. The van der Waals surface area contributed by atoms with E-state index in [0.717, 1.165) is 43.9 Å². The molecule has 0 bridgehead atoms. The van der Waals surface area contributed by atoms with Crippen LogP contribution < -0.4 is 10.6 Å². The minimum atomic E-state index is -0.862. The number of esters is 1. The van der Waals surface area contributed by atoms with Crippen LogP contribution in [0, 0.1) is 11.8 Å². The molecule has 3 N–H and O–H groups in total. The zero-order chi connectivity index (χ0) is 37.9. The van der Waals surface area contributed by atoms with Gasteiger partial charge in [-0.2, -0.15) is 9.97 Å². The Balaban J connectivity index is 0.000000284. The molecule has 2 heterocycles. The number of carboxylic acid groups (broad SMARTS) is 1. The smallest absolute Gasteiger partial charge is 0.307 e. The lowest BCUT2D eigenvalue weighted by molar-refractivity contribution is -0.155. The molecule has 2 amide bonds. The molecule has 2 aromatic rings. The van der Waals surface area contributed by atoms with Crippen LogP contribution in [0.2, 0.25) is 0 Å². The lowest BCUT2D eigenvalue weighted by Crippen LogP contribution is -2.25. The standard InChI is InChI=1S/C21H35N3O4.C17H27N3O4/c1-15(25)22-14-18-23-20(28-24-18)17(13-19(26)27-21(2,3)4)12-8-11-16-9-6-5-7-10-16;1-12(21)18-11-15-19-17(24-20-15)14(10-16(22)23)9-5-8-13-6-3-2-4-7-13/h16-17H,5-14H2,1-4H3,(H,22,25);13-14H,2-11H2,1H3,(H,18,21)(H,22,23)/t17-;14-/m11/s1. The van der Waals surface area contributed by atoms with Gasteiger partial charge in [0.1, 0.15) is 5.60 Å². The molecule has 52 heavy (non-hydrogen) atoms. The third-order valence-electron chi connectivity index (χ3n) is 9.69. The van der Waals surface area contributed by atoms with Gasteiger partial charge in [-0.1, -0.05) is 100 Å². The van der Waals surface area contributed by atoms with Gasteiger partial charge in [-0.25, -0.2) is 0 Å². The minimum absolute atomic E-state index is 0.00750. The van der Waals surface area contributed by atoms with Gasteiger partial charge in [-0.05, 0) is 45.4 Å². The van der Waals surface area contributed by atoms with E-state index in [2.05, 4.69) is 30.9 Å². The summed E-state index contributed by atoms with van der Waals surface area (Å²) in [4.78, 5) is 54.1. The third-order valence-corrected chi connectivity index (χ3v) is 9.69. The van der Waals surface area contributed by atoms with Crippen LogP contribution in [0.3, 0.4) is 0 Å². The third kappa shape index (κ3) is 17.6.